The molecule has 2 aromatic carbocycles. The van der Waals surface area contributed by atoms with E-state index in [2.05, 4.69) is 42.4 Å². The Bertz CT molecular complexity index is 1440. The van der Waals surface area contributed by atoms with E-state index in [0.29, 0.717) is 37.4 Å². The van der Waals surface area contributed by atoms with Crippen molar-refractivity contribution < 1.29 is 17.5 Å². The lowest BCUT2D eigenvalue weighted by Gasteiger charge is -2.50. The third kappa shape index (κ3) is 5.33. The van der Waals surface area contributed by atoms with Gasteiger partial charge in [-0.15, -0.1) is 0 Å². The first-order valence-corrected chi connectivity index (χ1v) is 14.8. The number of sulfonamides is 1. The Hall–Kier alpha value is -2.85. The van der Waals surface area contributed by atoms with Crippen molar-refractivity contribution in [2.75, 3.05) is 33.4 Å². The summed E-state index contributed by atoms with van der Waals surface area (Å²) in [5, 5.41) is 11.0. The molecule has 0 radical (unpaired) electrons. The zero-order chi connectivity index (χ0) is 27.8. The Morgan fingerprint density at radius 3 is 2.54 bits per heavy atom. The first-order valence-electron chi connectivity index (χ1n) is 13.4. The van der Waals surface area contributed by atoms with Gasteiger partial charge in [0, 0.05) is 38.2 Å². The number of H-pyrrole nitrogens is 1. The molecule has 9 heteroatoms. The number of piperidine rings is 1. The predicted octanol–water partition coefficient (Wildman–Crippen LogP) is 4.84. The molecule has 2 N–H and O–H groups in total. The molecule has 1 aliphatic carbocycles. The molecule has 1 saturated heterocycles. The number of halogens is 1. The van der Waals surface area contributed by atoms with Crippen LogP contribution in [-0.2, 0) is 26.6 Å². The fraction of sp³-hybridized carbons (Fsp3) is 0.433. The van der Waals surface area contributed by atoms with Crippen molar-refractivity contribution in [3.8, 4) is 0 Å². The van der Waals surface area contributed by atoms with Gasteiger partial charge in [-0.25, -0.2) is 12.8 Å². The van der Waals surface area contributed by atoms with Gasteiger partial charge in [0.2, 0.25) is 10.0 Å². The summed E-state index contributed by atoms with van der Waals surface area (Å²) < 4.78 is 48.9. The van der Waals surface area contributed by atoms with Crippen LogP contribution >= 0.6 is 0 Å². The molecular formula is C30H37FN4O3S. The van der Waals surface area contributed by atoms with Gasteiger partial charge in [0.15, 0.2) is 0 Å². The van der Waals surface area contributed by atoms with Gasteiger partial charge in [0.1, 0.15) is 5.82 Å². The number of fused-ring (bicyclic) bond motifs is 2. The molecule has 7 nitrogen and oxygen atoms in total. The van der Waals surface area contributed by atoms with Crippen LogP contribution in [0.4, 0.5) is 4.39 Å². The van der Waals surface area contributed by atoms with Gasteiger partial charge >= 0.3 is 0 Å². The van der Waals surface area contributed by atoms with Crippen molar-refractivity contribution in [1.82, 2.24) is 19.8 Å². The van der Waals surface area contributed by atoms with Gasteiger partial charge in [-0.3, -0.25) is 5.10 Å². The molecular weight excluding hydrogens is 515 g/mol. The zero-order valence-electron chi connectivity index (χ0n) is 23.0. The average Bonchev–Trinajstić information content (AvgIpc) is 3.36. The Balaban J connectivity index is 1.57. The molecule has 3 aromatic rings. The Morgan fingerprint density at radius 2 is 1.87 bits per heavy atom. The van der Waals surface area contributed by atoms with E-state index in [1.54, 1.807) is 35.7 Å². The molecule has 39 heavy (non-hydrogen) atoms. The fourth-order valence-electron chi connectivity index (χ4n) is 5.93. The second-order valence-corrected chi connectivity index (χ2v) is 13.5. The smallest absolute Gasteiger partial charge is 0.243 e. The van der Waals surface area contributed by atoms with Gasteiger partial charge in [0.05, 0.1) is 23.4 Å². The Morgan fingerprint density at radius 1 is 1.15 bits per heavy atom. The van der Waals surface area contributed by atoms with Gasteiger partial charge in [-0.1, -0.05) is 50.6 Å². The lowest BCUT2D eigenvalue weighted by atomic mass is 9.63. The molecule has 208 valence electrons. The first kappa shape index (κ1) is 27.7. The molecule has 1 fully saturated rings. The number of aromatic nitrogens is 2. The number of hydrogen-bond donors (Lipinski definition) is 2. The third-order valence-corrected chi connectivity index (χ3v) is 9.93. The molecule has 1 aliphatic heterocycles. The molecule has 0 spiro atoms. The number of rotatable bonds is 8. The Labute approximate surface area is 230 Å². The SMILES string of the molecule is COCCN[C@@H](c1ccc(F)cc1)C12Cc3cn[nH]c3C=C1CCN(S(=O)(=O)c1ccc(C(C)(C)C)cc1)C2. The lowest BCUT2D eigenvalue weighted by molar-refractivity contribution is 0.137. The number of hydrogen-bond acceptors (Lipinski definition) is 5. The predicted molar refractivity (Wildman–Crippen MR) is 150 cm³/mol. The quantitative estimate of drug-likeness (QED) is 0.391. The summed E-state index contributed by atoms with van der Waals surface area (Å²) in [5.41, 5.74) is 4.47. The van der Waals surface area contributed by atoms with Crippen LogP contribution in [0.5, 0.6) is 0 Å². The summed E-state index contributed by atoms with van der Waals surface area (Å²) >= 11 is 0. The topological polar surface area (TPSA) is 87.3 Å². The summed E-state index contributed by atoms with van der Waals surface area (Å²) in [4.78, 5) is 0.295. The molecule has 2 atom stereocenters. The standard InChI is InChI=1S/C30H37FN4O3S/c1-29(2,3)23-7-11-26(12-8-23)39(36,37)35-15-13-24-17-27-22(19-33-34-27)18-30(24,20-35)28(32-14-16-38-4)21-5-9-25(31)10-6-21/h5-12,17,19,28,32H,13-16,18,20H2,1-4H3,(H,33,34)/t28-,30?/m0/s1. The van der Waals surface area contributed by atoms with E-state index >= 15 is 0 Å². The molecule has 5 rings (SSSR count). The van der Waals surface area contributed by atoms with E-state index in [-0.39, 0.29) is 23.8 Å². The normalized spacial score (nSPS) is 20.7. The van der Waals surface area contributed by atoms with Crippen LogP contribution in [0, 0.1) is 11.2 Å². The van der Waals surface area contributed by atoms with Crippen molar-refractivity contribution >= 4 is 16.1 Å². The van der Waals surface area contributed by atoms with Crippen molar-refractivity contribution in [3.63, 3.8) is 0 Å². The number of nitrogens with one attached hydrogen (secondary N) is 2. The minimum Gasteiger partial charge on any atom is -0.383 e. The summed E-state index contributed by atoms with van der Waals surface area (Å²) in [6.07, 6.45) is 5.13. The molecule has 2 aliphatic rings. The summed E-state index contributed by atoms with van der Waals surface area (Å²) in [6, 6.07) is 13.5. The second kappa shape index (κ2) is 10.6. The second-order valence-electron chi connectivity index (χ2n) is 11.6. The average molecular weight is 553 g/mol. The number of methoxy groups -OCH3 is 1. The first-order chi connectivity index (χ1) is 18.5. The zero-order valence-corrected chi connectivity index (χ0v) is 23.8. The minimum atomic E-state index is -3.75. The number of nitrogens with zero attached hydrogens (tertiary/aromatic N) is 2. The summed E-state index contributed by atoms with van der Waals surface area (Å²) in [7, 11) is -2.11. The maximum Gasteiger partial charge on any atom is 0.243 e. The van der Waals surface area contributed by atoms with Crippen LogP contribution in [-0.4, -0.2) is 56.3 Å². The van der Waals surface area contributed by atoms with Crippen LogP contribution < -0.4 is 5.32 Å². The van der Waals surface area contributed by atoms with E-state index in [9.17, 15) is 12.8 Å². The van der Waals surface area contributed by atoms with Crippen LogP contribution in [0.15, 0.2) is 65.2 Å². The van der Waals surface area contributed by atoms with Gasteiger partial charge < -0.3 is 10.1 Å². The molecule has 0 bridgehead atoms. The monoisotopic (exact) mass is 552 g/mol. The maximum atomic E-state index is 14.0. The Kier molecular flexibility index (Phi) is 7.54. The number of ether oxygens (including phenoxy) is 1. The highest BCUT2D eigenvalue weighted by molar-refractivity contribution is 7.89. The largest absolute Gasteiger partial charge is 0.383 e. The highest BCUT2D eigenvalue weighted by Gasteiger charge is 2.50. The summed E-state index contributed by atoms with van der Waals surface area (Å²) in [6.45, 7) is 8.05. The van der Waals surface area contributed by atoms with Crippen LogP contribution in [0.3, 0.4) is 0 Å². The molecule has 1 aromatic heterocycles. The van der Waals surface area contributed by atoms with Crippen LogP contribution in [0.25, 0.3) is 6.08 Å². The van der Waals surface area contributed by atoms with Gasteiger partial charge in [-0.05, 0) is 65.3 Å². The van der Waals surface area contributed by atoms with E-state index < -0.39 is 15.4 Å². The van der Waals surface area contributed by atoms with Crippen molar-refractivity contribution in [2.24, 2.45) is 5.41 Å². The lowest BCUT2D eigenvalue weighted by Crippen LogP contribution is -2.55. The highest BCUT2D eigenvalue weighted by Crippen LogP contribution is 2.51. The van der Waals surface area contributed by atoms with E-state index in [1.165, 1.54) is 12.1 Å². The van der Waals surface area contributed by atoms with Crippen molar-refractivity contribution in [3.05, 3.63) is 88.5 Å². The molecule has 0 saturated carbocycles. The van der Waals surface area contributed by atoms with Crippen molar-refractivity contribution in [1.29, 1.82) is 0 Å². The van der Waals surface area contributed by atoms with Crippen LogP contribution in [0.2, 0.25) is 0 Å². The van der Waals surface area contributed by atoms with Gasteiger partial charge in [-0.2, -0.15) is 9.40 Å². The third-order valence-electron chi connectivity index (χ3n) is 8.07. The van der Waals surface area contributed by atoms with Crippen molar-refractivity contribution in [2.45, 2.75) is 50.0 Å². The minimum absolute atomic E-state index is 0.0716. The molecule has 2 heterocycles. The summed E-state index contributed by atoms with van der Waals surface area (Å²) in [5.74, 6) is -0.310. The molecule has 0 amide bonds. The molecule has 1 unspecified atom stereocenters. The van der Waals surface area contributed by atoms with E-state index in [1.807, 2.05) is 18.3 Å². The van der Waals surface area contributed by atoms with E-state index in [0.717, 1.165) is 28.0 Å². The maximum absolute atomic E-state index is 14.0. The van der Waals surface area contributed by atoms with Crippen LogP contribution in [0.1, 0.15) is 55.6 Å². The number of benzene rings is 2. The fourth-order valence-corrected chi connectivity index (χ4v) is 7.44. The number of aromatic amines is 1. The van der Waals surface area contributed by atoms with E-state index in [4.69, 9.17) is 4.74 Å². The highest BCUT2D eigenvalue weighted by atomic mass is 32.2. The van der Waals surface area contributed by atoms with Gasteiger partial charge in [0.25, 0.3) is 0 Å².